The van der Waals surface area contributed by atoms with E-state index in [-0.39, 0.29) is 16.2 Å². The Morgan fingerprint density at radius 1 is 0.324 bits per heavy atom. The smallest absolute Gasteiger partial charge is 0.0178 e. The highest BCUT2D eigenvalue weighted by molar-refractivity contribution is 9.10. The zero-order valence-corrected chi connectivity index (χ0v) is 42.7. The molecule has 0 N–H and O–H groups in total. The molecule has 0 aliphatic heterocycles. The Labute approximate surface area is 415 Å². The summed E-state index contributed by atoms with van der Waals surface area (Å²) in [6, 6.07) is 66.5. The highest BCUT2D eigenvalue weighted by atomic mass is 79.9. The van der Waals surface area contributed by atoms with Gasteiger partial charge < -0.3 is 0 Å². The monoisotopic (exact) mass is 1000 g/mol. The molecule has 2 aliphatic rings. The Kier molecular flexibility index (Phi) is 8.98. The Hall–Kier alpha value is -6.32. The van der Waals surface area contributed by atoms with Gasteiger partial charge in [0.05, 0.1) is 0 Å². The molecule has 0 unspecified atom stereocenters. The van der Waals surface area contributed by atoms with E-state index < -0.39 is 0 Å². The second-order valence-corrected chi connectivity index (χ2v) is 23.4. The summed E-state index contributed by atoms with van der Waals surface area (Å²) in [6.07, 6.45) is 0. The van der Waals surface area contributed by atoms with Crippen molar-refractivity contribution in [1.29, 1.82) is 0 Å². The minimum atomic E-state index is -0.0302. The Balaban J connectivity index is 0.000000135. The van der Waals surface area contributed by atoms with Gasteiger partial charge in [0.25, 0.3) is 0 Å². The molecule has 0 bridgehead atoms. The summed E-state index contributed by atoms with van der Waals surface area (Å²) in [5.74, 6) is 0. The summed E-state index contributed by atoms with van der Waals surface area (Å²) in [5, 5.41) is 16.1. The topological polar surface area (TPSA) is 0 Å². The fourth-order valence-electron chi connectivity index (χ4n) is 12.2. The van der Waals surface area contributed by atoms with E-state index in [4.69, 9.17) is 0 Å². The van der Waals surface area contributed by atoms with E-state index in [0.717, 1.165) is 8.95 Å². The maximum atomic E-state index is 3.69. The van der Waals surface area contributed by atoms with Crippen LogP contribution in [-0.2, 0) is 16.2 Å². The molecule has 14 rings (SSSR count). The van der Waals surface area contributed by atoms with E-state index in [2.05, 4.69) is 256 Å². The van der Waals surface area contributed by atoms with E-state index in [1.807, 2.05) is 0 Å². The molecule has 12 aromatic rings. The molecule has 0 fully saturated rings. The summed E-state index contributed by atoms with van der Waals surface area (Å²) in [4.78, 5) is 0. The molecule has 12 aromatic carbocycles. The molecular weight excluding hydrogens is 953 g/mol. The molecule has 0 radical (unpaired) electrons. The standard InChI is InChI=1S/C35H29Br.C31H21Br/c1-34(2,3)24-16-22-7-6-20-8-12-26(29-14-10-23(17-24)32(22)33(20)29)21-9-13-27-28-15-11-25(36)19-31(28)35(4,5)30(27)18-21;1-31(2)27-16-21(10-13-24(27)25-15-11-22(32)17-28(25)31)23-12-8-20-7-6-18-4-3-5-19-9-14-26(23)30(20)29(18)19/h6-19H,1-5H3;3-17H,1-2H3. The number of benzene rings is 12. The van der Waals surface area contributed by atoms with Gasteiger partial charge >= 0.3 is 0 Å². The lowest BCUT2D eigenvalue weighted by Crippen LogP contribution is -2.15. The molecule has 2 aliphatic carbocycles. The van der Waals surface area contributed by atoms with Crippen molar-refractivity contribution in [2.24, 2.45) is 0 Å². The lowest BCUT2D eigenvalue weighted by Gasteiger charge is -2.23. The fraction of sp³-hybridized carbons (Fsp3) is 0.152. The molecule has 0 nitrogen and oxygen atoms in total. The van der Waals surface area contributed by atoms with Crippen LogP contribution in [-0.4, -0.2) is 0 Å². The summed E-state index contributed by atoms with van der Waals surface area (Å²) in [6.45, 7) is 16.3. The normalized spacial score (nSPS) is 14.5. The zero-order valence-electron chi connectivity index (χ0n) is 39.5. The number of fused-ring (bicyclic) bond motifs is 6. The number of hydrogen-bond acceptors (Lipinski definition) is 0. The Morgan fingerprint density at radius 3 is 1.12 bits per heavy atom. The van der Waals surface area contributed by atoms with Gasteiger partial charge in [-0.05, 0) is 179 Å². The second-order valence-electron chi connectivity index (χ2n) is 21.6. The maximum Gasteiger partial charge on any atom is 0.0178 e. The molecule has 0 spiro atoms. The summed E-state index contributed by atoms with van der Waals surface area (Å²) in [5.41, 5.74) is 17.7. The fourth-order valence-corrected chi connectivity index (χ4v) is 13.0. The van der Waals surface area contributed by atoms with Gasteiger partial charge in [-0.2, -0.15) is 0 Å². The predicted octanol–water partition coefficient (Wildman–Crippen LogP) is 19.9. The van der Waals surface area contributed by atoms with Crippen LogP contribution in [0, 0.1) is 0 Å². The third kappa shape index (κ3) is 6.09. The molecule has 0 atom stereocenters. The molecular formula is C66H50Br2. The van der Waals surface area contributed by atoms with Gasteiger partial charge in [-0.15, -0.1) is 0 Å². The molecule has 68 heavy (non-hydrogen) atoms. The molecule has 0 saturated carbocycles. The van der Waals surface area contributed by atoms with Crippen molar-refractivity contribution in [3.8, 4) is 44.5 Å². The first-order chi connectivity index (χ1) is 32.6. The van der Waals surface area contributed by atoms with Crippen LogP contribution in [0.15, 0.2) is 185 Å². The van der Waals surface area contributed by atoms with Crippen LogP contribution in [0.25, 0.3) is 109 Å². The van der Waals surface area contributed by atoms with Crippen molar-refractivity contribution in [3.63, 3.8) is 0 Å². The molecule has 0 heterocycles. The minimum absolute atomic E-state index is 0.0196. The van der Waals surface area contributed by atoms with Gasteiger partial charge in [0.1, 0.15) is 0 Å². The van der Waals surface area contributed by atoms with Crippen LogP contribution >= 0.6 is 31.9 Å². The molecule has 2 heteroatoms. The first-order valence-electron chi connectivity index (χ1n) is 23.9. The van der Waals surface area contributed by atoms with Gasteiger partial charge in [0.2, 0.25) is 0 Å². The third-order valence-corrected chi connectivity index (χ3v) is 16.9. The molecule has 328 valence electrons. The number of rotatable bonds is 2. The summed E-state index contributed by atoms with van der Waals surface area (Å²) < 4.78 is 2.29. The Bertz CT molecular complexity index is 4050. The van der Waals surface area contributed by atoms with Gasteiger partial charge in [0, 0.05) is 19.8 Å². The lowest BCUT2D eigenvalue weighted by atomic mass is 9.81. The van der Waals surface area contributed by atoms with Gasteiger partial charge in [0.15, 0.2) is 0 Å². The third-order valence-electron chi connectivity index (χ3n) is 15.9. The van der Waals surface area contributed by atoms with Crippen LogP contribution < -0.4 is 0 Å². The van der Waals surface area contributed by atoms with Crippen molar-refractivity contribution in [1.82, 2.24) is 0 Å². The van der Waals surface area contributed by atoms with E-state index in [1.54, 1.807) is 0 Å². The van der Waals surface area contributed by atoms with E-state index in [9.17, 15) is 0 Å². The maximum absolute atomic E-state index is 3.69. The Morgan fingerprint density at radius 2 is 0.662 bits per heavy atom. The van der Waals surface area contributed by atoms with Gasteiger partial charge in [-0.1, -0.05) is 220 Å². The minimum Gasteiger partial charge on any atom is -0.0610 e. The van der Waals surface area contributed by atoms with E-state index in [1.165, 1.54) is 137 Å². The number of halogens is 2. The van der Waals surface area contributed by atoms with E-state index >= 15 is 0 Å². The highest BCUT2D eigenvalue weighted by Crippen LogP contribution is 2.53. The quantitative estimate of drug-likeness (QED) is 0.151. The largest absolute Gasteiger partial charge is 0.0610 e. The van der Waals surface area contributed by atoms with Crippen molar-refractivity contribution >= 4 is 96.5 Å². The van der Waals surface area contributed by atoms with Crippen molar-refractivity contribution in [3.05, 3.63) is 213 Å². The van der Waals surface area contributed by atoms with Gasteiger partial charge in [-0.3, -0.25) is 0 Å². The highest BCUT2D eigenvalue weighted by Gasteiger charge is 2.37. The van der Waals surface area contributed by atoms with Crippen LogP contribution in [0.5, 0.6) is 0 Å². The van der Waals surface area contributed by atoms with E-state index in [0.29, 0.717) is 0 Å². The second kappa shape index (κ2) is 14.6. The molecule has 0 aromatic heterocycles. The molecule has 0 saturated heterocycles. The summed E-state index contributed by atoms with van der Waals surface area (Å²) >= 11 is 7.36. The van der Waals surface area contributed by atoms with Crippen LogP contribution in [0.2, 0.25) is 0 Å². The average molecular weight is 1000 g/mol. The van der Waals surface area contributed by atoms with Crippen molar-refractivity contribution in [2.75, 3.05) is 0 Å². The van der Waals surface area contributed by atoms with Crippen LogP contribution in [0.3, 0.4) is 0 Å². The SMILES string of the molecule is CC(C)(C)c1cc2ccc3ccc(-c4ccc5c(c4)C(C)(C)c4cc(Br)ccc4-5)c4ccc(c1)c2c34.CC1(C)c2cc(Br)ccc2-c2ccc(-c3ccc4ccc5cccc6ccc3c4c56)cc21. The first-order valence-corrected chi connectivity index (χ1v) is 25.5. The lowest BCUT2D eigenvalue weighted by molar-refractivity contribution is 0.591. The predicted molar refractivity (Wildman–Crippen MR) is 300 cm³/mol. The van der Waals surface area contributed by atoms with Crippen molar-refractivity contribution < 1.29 is 0 Å². The number of hydrogen-bond donors (Lipinski definition) is 0. The van der Waals surface area contributed by atoms with Gasteiger partial charge in [-0.25, -0.2) is 0 Å². The zero-order chi connectivity index (χ0) is 46.6. The summed E-state index contributed by atoms with van der Waals surface area (Å²) in [7, 11) is 0. The first kappa shape index (κ1) is 41.8. The average Bonchev–Trinajstić information content (AvgIpc) is 3.69. The van der Waals surface area contributed by atoms with Crippen molar-refractivity contribution in [2.45, 2.75) is 64.7 Å². The molecule has 0 amide bonds. The van der Waals surface area contributed by atoms with Crippen LogP contribution in [0.1, 0.15) is 76.3 Å². The van der Waals surface area contributed by atoms with Crippen LogP contribution in [0.4, 0.5) is 0 Å².